The van der Waals surface area contributed by atoms with Gasteiger partial charge in [0.05, 0.1) is 22.9 Å². The third-order valence-electron chi connectivity index (χ3n) is 7.64. The molecule has 42 heavy (non-hydrogen) atoms. The number of halogens is 2. The van der Waals surface area contributed by atoms with Gasteiger partial charge >= 0.3 is 5.69 Å². The summed E-state index contributed by atoms with van der Waals surface area (Å²) in [6.07, 6.45) is 1.32. The predicted molar refractivity (Wildman–Crippen MR) is 163 cm³/mol. The molecular weight excluding hydrogens is 622 g/mol. The van der Waals surface area contributed by atoms with Gasteiger partial charge < -0.3 is 15.1 Å². The Morgan fingerprint density at radius 2 is 1.64 bits per heavy atom. The van der Waals surface area contributed by atoms with Crippen LogP contribution in [0.25, 0.3) is 5.69 Å². The van der Waals surface area contributed by atoms with Crippen molar-refractivity contribution >= 4 is 50.9 Å². The third kappa shape index (κ3) is 5.28. The van der Waals surface area contributed by atoms with Crippen molar-refractivity contribution in [3.05, 3.63) is 115 Å². The molecule has 3 heterocycles. The molecule has 11 heteroatoms. The summed E-state index contributed by atoms with van der Waals surface area (Å²) in [5.74, 6) is -0.604. The van der Waals surface area contributed by atoms with Crippen LogP contribution in [-0.4, -0.2) is 44.8 Å². The van der Waals surface area contributed by atoms with Crippen LogP contribution in [0.5, 0.6) is 0 Å². The van der Waals surface area contributed by atoms with Crippen LogP contribution in [0, 0.1) is 0 Å². The van der Waals surface area contributed by atoms with E-state index in [0.717, 1.165) is 17.7 Å². The number of carbonyl (C=O) groups excluding carboxylic acids is 3. The summed E-state index contributed by atoms with van der Waals surface area (Å²) in [6, 6.07) is 21.6. The van der Waals surface area contributed by atoms with Crippen LogP contribution in [0.1, 0.15) is 44.9 Å². The van der Waals surface area contributed by atoms with Crippen LogP contribution in [0.4, 0.5) is 5.69 Å². The van der Waals surface area contributed by atoms with E-state index in [1.165, 1.54) is 4.57 Å². The van der Waals surface area contributed by atoms with E-state index in [1.807, 2.05) is 30.3 Å². The molecule has 1 aromatic heterocycles. The number of nitrogens with one attached hydrogen (secondary N) is 1. The Morgan fingerprint density at radius 3 is 2.33 bits per heavy atom. The molecule has 0 atom stereocenters. The van der Waals surface area contributed by atoms with Gasteiger partial charge in [-0.1, -0.05) is 41.9 Å². The largest absolute Gasteiger partial charge is 0.347 e. The highest BCUT2D eigenvalue weighted by atomic mass is 79.9. The maximum atomic E-state index is 13.8. The molecule has 0 unspecified atom stereocenters. The Morgan fingerprint density at radius 1 is 0.905 bits per heavy atom. The maximum absolute atomic E-state index is 13.8. The van der Waals surface area contributed by atoms with Gasteiger partial charge in [-0.05, 0) is 70.4 Å². The molecule has 2 aliphatic rings. The first kappa shape index (κ1) is 28.0. The average Bonchev–Trinajstić information content (AvgIpc) is 3.57. The SMILES string of the molecule is O=C(NCc1ccccc1)c1c2n(c(=O)n1-c1ccc(N3CCCC3=O)cc1)CCN(C(=O)c1ccc(Br)c(Cl)c1)C2. The van der Waals surface area contributed by atoms with E-state index in [4.69, 9.17) is 11.6 Å². The molecule has 0 bridgehead atoms. The molecule has 0 radical (unpaired) electrons. The predicted octanol–water partition coefficient (Wildman–Crippen LogP) is 4.77. The fraction of sp³-hybridized carbons (Fsp3) is 0.226. The summed E-state index contributed by atoms with van der Waals surface area (Å²) in [6.45, 7) is 1.53. The molecule has 1 fully saturated rings. The summed E-state index contributed by atoms with van der Waals surface area (Å²) < 4.78 is 3.64. The summed E-state index contributed by atoms with van der Waals surface area (Å²) in [7, 11) is 0. The molecule has 1 N–H and O–H groups in total. The van der Waals surface area contributed by atoms with Crippen molar-refractivity contribution in [2.75, 3.05) is 18.0 Å². The molecule has 9 nitrogen and oxygen atoms in total. The highest BCUT2D eigenvalue weighted by molar-refractivity contribution is 9.10. The van der Waals surface area contributed by atoms with Gasteiger partial charge in [-0.15, -0.1) is 0 Å². The average molecular weight is 649 g/mol. The minimum absolute atomic E-state index is 0.0667. The van der Waals surface area contributed by atoms with Gasteiger partial charge in [0.2, 0.25) is 5.91 Å². The van der Waals surface area contributed by atoms with Crippen LogP contribution in [-0.2, 0) is 24.4 Å². The number of imidazole rings is 1. The van der Waals surface area contributed by atoms with E-state index >= 15 is 0 Å². The van der Waals surface area contributed by atoms with E-state index in [0.29, 0.717) is 46.0 Å². The number of hydrogen-bond donors (Lipinski definition) is 1. The quantitative estimate of drug-likeness (QED) is 0.326. The summed E-state index contributed by atoms with van der Waals surface area (Å²) in [4.78, 5) is 56.6. The molecule has 0 spiro atoms. The smallest absolute Gasteiger partial charge is 0.333 e. The lowest BCUT2D eigenvalue weighted by Crippen LogP contribution is -2.41. The summed E-state index contributed by atoms with van der Waals surface area (Å²) >= 11 is 9.59. The molecule has 2 aliphatic heterocycles. The Hall–Kier alpha value is -4.15. The maximum Gasteiger partial charge on any atom is 0.333 e. The monoisotopic (exact) mass is 647 g/mol. The molecule has 0 aliphatic carbocycles. The standard InChI is InChI=1S/C31H27BrClN5O4/c32-24-13-8-21(17-25(24)33)30(41)35-15-16-37-26(19-35)28(29(40)34-18-20-5-2-1-3-6-20)38(31(37)42)23-11-9-22(10-12-23)36-14-4-7-27(36)39/h1-3,5-6,8-13,17H,4,7,14-16,18-19H2,(H,34,40). The number of benzene rings is 3. The van der Waals surface area contributed by atoms with Crippen LogP contribution >= 0.6 is 27.5 Å². The fourth-order valence-electron chi connectivity index (χ4n) is 5.48. The molecule has 1 saturated heterocycles. The summed E-state index contributed by atoms with van der Waals surface area (Å²) in [5, 5.41) is 3.37. The molecule has 3 amide bonds. The zero-order valence-electron chi connectivity index (χ0n) is 22.6. The highest BCUT2D eigenvalue weighted by Crippen LogP contribution is 2.27. The van der Waals surface area contributed by atoms with Gasteiger partial charge in [0.25, 0.3) is 11.8 Å². The molecule has 6 rings (SSSR count). The van der Waals surface area contributed by atoms with Crippen molar-refractivity contribution < 1.29 is 14.4 Å². The second-order valence-corrected chi connectivity index (χ2v) is 11.5. The van der Waals surface area contributed by atoms with Gasteiger partial charge in [-0.25, -0.2) is 4.79 Å². The van der Waals surface area contributed by atoms with Crippen molar-refractivity contribution in [2.24, 2.45) is 0 Å². The Bertz CT molecular complexity index is 1750. The zero-order valence-corrected chi connectivity index (χ0v) is 24.9. The van der Waals surface area contributed by atoms with E-state index in [-0.39, 0.29) is 42.8 Å². The second kappa shape index (κ2) is 11.6. The highest BCUT2D eigenvalue weighted by Gasteiger charge is 2.32. The first-order valence-corrected chi connectivity index (χ1v) is 14.8. The van der Waals surface area contributed by atoms with Gasteiger partial charge in [0.1, 0.15) is 5.69 Å². The number of carbonyl (C=O) groups is 3. The van der Waals surface area contributed by atoms with Crippen LogP contribution in [0.15, 0.2) is 82.1 Å². The molecule has 0 saturated carbocycles. The number of fused-ring (bicyclic) bond motifs is 1. The lowest BCUT2D eigenvalue weighted by molar-refractivity contribution is -0.117. The van der Waals surface area contributed by atoms with Crippen molar-refractivity contribution in [2.45, 2.75) is 32.5 Å². The summed E-state index contributed by atoms with van der Waals surface area (Å²) in [5.41, 5.74) is 2.84. The molecule has 4 aromatic rings. The number of hydrogen-bond acceptors (Lipinski definition) is 4. The van der Waals surface area contributed by atoms with Gasteiger partial charge in [-0.3, -0.25) is 23.5 Å². The fourth-order valence-corrected chi connectivity index (χ4v) is 5.91. The van der Waals surface area contributed by atoms with Crippen molar-refractivity contribution in [3.63, 3.8) is 0 Å². The lowest BCUT2D eigenvalue weighted by Gasteiger charge is -2.28. The number of anilines is 1. The van der Waals surface area contributed by atoms with Gasteiger partial charge in [0.15, 0.2) is 0 Å². The van der Waals surface area contributed by atoms with Crippen LogP contribution in [0.2, 0.25) is 5.02 Å². The third-order valence-corrected chi connectivity index (χ3v) is 8.87. The molecular formula is C31H27BrClN5O4. The Kier molecular flexibility index (Phi) is 7.74. The number of nitrogens with zero attached hydrogens (tertiary/aromatic N) is 4. The lowest BCUT2D eigenvalue weighted by atomic mass is 10.1. The van der Waals surface area contributed by atoms with Gasteiger partial charge in [-0.2, -0.15) is 0 Å². The normalized spacial score (nSPS) is 14.7. The number of aromatic nitrogens is 2. The first-order chi connectivity index (χ1) is 20.3. The zero-order chi connectivity index (χ0) is 29.4. The minimum atomic E-state index is -0.426. The Balaban J connectivity index is 1.37. The van der Waals surface area contributed by atoms with Crippen molar-refractivity contribution in [1.82, 2.24) is 19.4 Å². The number of rotatable bonds is 6. The van der Waals surface area contributed by atoms with E-state index < -0.39 is 5.91 Å². The van der Waals surface area contributed by atoms with Crippen molar-refractivity contribution in [1.29, 1.82) is 0 Å². The molecule has 3 aromatic carbocycles. The second-order valence-electron chi connectivity index (χ2n) is 10.3. The van der Waals surface area contributed by atoms with E-state index in [1.54, 1.807) is 56.8 Å². The number of amides is 3. The molecule has 214 valence electrons. The Labute approximate surface area is 255 Å². The van der Waals surface area contributed by atoms with Crippen LogP contribution < -0.4 is 15.9 Å². The van der Waals surface area contributed by atoms with E-state index in [9.17, 15) is 19.2 Å². The van der Waals surface area contributed by atoms with Crippen molar-refractivity contribution in [3.8, 4) is 5.69 Å². The first-order valence-electron chi connectivity index (χ1n) is 13.6. The minimum Gasteiger partial charge on any atom is -0.347 e. The topological polar surface area (TPSA) is 96.7 Å². The van der Waals surface area contributed by atoms with Crippen LogP contribution in [0.3, 0.4) is 0 Å². The van der Waals surface area contributed by atoms with Gasteiger partial charge in [0, 0.05) is 48.3 Å². The van der Waals surface area contributed by atoms with E-state index in [2.05, 4.69) is 21.2 Å².